The first-order chi connectivity index (χ1) is 11.7. The van der Waals surface area contributed by atoms with Gasteiger partial charge in [-0.2, -0.15) is 0 Å². The number of amides is 1. The number of hydrogen-bond donors (Lipinski definition) is 2. The Balaban J connectivity index is 1.94. The minimum Gasteiger partial charge on any atom is -0.325 e. The molecule has 0 bridgehead atoms. The highest BCUT2D eigenvalue weighted by Gasteiger charge is 2.32. The van der Waals surface area contributed by atoms with Crippen molar-refractivity contribution in [3.8, 4) is 0 Å². The maximum Gasteiger partial charge on any atom is 0.261 e. The molecule has 1 aliphatic carbocycles. The molecule has 1 aromatic carbocycles. The summed E-state index contributed by atoms with van der Waals surface area (Å²) in [7, 11) is 0. The van der Waals surface area contributed by atoms with Gasteiger partial charge in [-0.25, -0.2) is 8.78 Å². The zero-order valence-corrected chi connectivity index (χ0v) is 13.7. The van der Waals surface area contributed by atoms with Crippen LogP contribution < -0.4 is 10.9 Å². The maximum absolute atomic E-state index is 13.2. The summed E-state index contributed by atoms with van der Waals surface area (Å²) in [4.78, 5) is 39.4. The molecule has 2 aromatic rings. The Kier molecular flexibility index (Phi) is 4.02. The quantitative estimate of drug-likeness (QED) is 0.877. The van der Waals surface area contributed by atoms with Crippen LogP contribution in [0.4, 0.5) is 14.5 Å². The Morgan fingerprint density at radius 1 is 1.12 bits per heavy atom. The van der Waals surface area contributed by atoms with Gasteiger partial charge < -0.3 is 10.3 Å². The number of aromatic nitrogens is 1. The van der Waals surface area contributed by atoms with Crippen molar-refractivity contribution in [3.05, 3.63) is 63.1 Å². The molecule has 0 saturated carbocycles. The molecule has 0 aliphatic heterocycles. The summed E-state index contributed by atoms with van der Waals surface area (Å²) in [6.45, 7) is 3.85. The largest absolute Gasteiger partial charge is 0.325 e. The minimum atomic E-state index is -1.12. The van der Waals surface area contributed by atoms with Gasteiger partial charge in [0.1, 0.15) is 5.56 Å². The molecule has 5 nitrogen and oxygen atoms in total. The van der Waals surface area contributed by atoms with Crippen molar-refractivity contribution >= 4 is 17.4 Å². The second-order valence-corrected chi connectivity index (χ2v) is 6.93. The number of hydrogen-bond acceptors (Lipinski definition) is 3. The van der Waals surface area contributed by atoms with E-state index in [1.807, 2.05) is 13.8 Å². The summed E-state index contributed by atoms with van der Waals surface area (Å²) in [6.07, 6.45) is 0.838. The lowest BCUT2D eigenvalue weighted by atomic mass is 9.75. The maximum atomic E-state index is 13.2. The number of aromatic amines is 1. The van der Waals surface area contributed by atoms with Crippen LogP contribution in [0.25, 0.3) is 0 Å². The number of carbonyl (C=O) groups excluding carboxylic acids is 2. The van der Waals surface area contributed by atoms with Crippen molar-refractivity contribution in [3.63, 3.8) is 0 Å². The van der Waals surface area contributed by atoms with E-state index in [1.54, 1.807) is 0 Å². The highest BCUT2D eigenvalue weighted by atomic mass is 19.2. The van der Waals surface area contributed by atoms with E-state index in [-0.39, 0.29) is 22.4 Å². The summed E-state index contributed by atoms with van der Waals surface area (Å²) in [5, 5.41) is 2.33. The lowest BCUT2D eigenvalue weighted by Crippen LogP contribution is -2.32. The second kappa shape index (κ2) is 5.91. The van der Waals surface area contributed by atoms with Gasteiger partial charge in [0.2, 0.25) is 0 Å². The van der Waals surface area contributed by atoms with Crippen LogP contribution in [0.3, 0.4) is 0 Å². The summed E-state index contributed by atoms with van der Waals surface area (Å²) in [6, 6.07) is 4.12. The molecular formula is C18H16F2N2O3. The monoisotopic (exact) mass is 346 g/mol. The summed E-state index contributed by atoms with van der Waals surface area (Å²) in [5.74, 6) is -3.11. The normalized spacial score (nSPS) is 15.6. The number of carbonyl (C=O) groups is 2. The lowest BCUT2D eigenvalue weighted by molar-refractivity contribution is 0.0910. The molecule has 0 unspecified atom stereocenters. The fourth-order valence-electron chi connectivity index (χ4n) is 2.97. The highest BCUT2D eigenvalue weighted by Crippen LogP contribution is 2.33. The number of benzene rings is 1. The van der Waals surface area contributed by atoms with Crippen molar-refractivity contribution < 1.29 is 18.4 Å². The number of H-pyrrole nitrogens is 1. The first-order valence-corrected chi connectivity index (χ1v) is 7.72. The number of Topliss-reactive ketones (excluding diaryl/α,β-unsaturated/α-hetero) is 1. The van der Waals surface area contributed by atoms with Crippen molar-refractivity contribution in [2.45, 2.75) is 26.7 Å². The van der Waals surface area contributed by atoms with E-state index in [4.69, 9.17) is 0 Å². The van der Waals surface area contributed by atoms with Crippen LogP contribution in [0.5, 0.6) is 0 Å². The molecule has 3 rings (SSSR count). The molecular weight excluding hydrogens is 330 g/mol. The Morgan fingerprint density at radius 3 is 2.52 bits per heavy atom. The first kappa shape index (κ1) is 17.0. The third-order valence-corrected chi connectivity index (χ3v) is 4.14. The van der Waals surface area contributed by atoms with Gasteiger partial charge in [0.15, 0.2) is 17.4 Å². The van der Waals surface area contributed by atoms with Crippen molar-refractivity contribution in [2.75, 3.05) is 5.32 Å². The van der Waals surface area contributed by atoms with E-state index in [9.17, 15) is 23.2 Å². The smallest absolute Gasteiger partial charge is 0.261 e. The van der Waals surface area contributed by atoms with E-state index in [1.165, 1.54) is 12.1 Å². The molecule has 7 heteroatoms. The van der Waals surface area contributed by atoms with Crippen LogP contribution in [0.15, 0.2) is 29.1 Å². The molecule has 0 radical (unpaired) electrons. The van der Waals surface area contributed by atoms with Gasteiger partial charge in [-0.15, -0.1) is 0 Å². The van der Waals surface area contributed by atoms with Crippen LogP contribution in [0, 0.1) is 17.0 Å². The first-order valence-electron chi connectivity index (χ1n) is 7.72. The lowest BCUT2D eigenvalue weighted by Gasteiger charge is -2.29. The molecule has 0 fully saturated rings. The molecule has 2 N–H and O–H groups in total. The van der Waals surface area contributed by atoms with Gasteiger partial charge in [0.25, 0.3) is 11.5 Å². The zero-order valence-electron chi connectivity index (χ0n) is 13.7. The van der Waals surface area contributed by atoms with E-state index in [2.05, 4.69) is 10.3 Å². The molecule has 25 heavy (non-hydrogen) atoms. The van der Waals surface area contributed by atoms with E-state index in [0.29, 0.717) is 24.1 Å². The number of pyridine rings is 1. The number of ketones is 1. The second-order valence-electron chi connectivity index (χ2n) is 6.93. The average molecular weight is 346 g/mol. The van der Waals surface area contributed by atoms with Crippen molar-refractivity contribution in [2.24, 2.45) is 5.41 Å². The molecule has 1 aromatic heterocycles. The van der Waals surface area contributed by atoms with Crippen molar-refractivity contribution in [1.82, 2.24) is 4.98 Å². The number of rotatable bonds is 2. The standard InChI is InChI=1S/C18H16F2N2O3/c1-18(2)7-14-10(15(23)8-18)6-11(17(25)22-14)16(24)21-9-3-4-12(19)13(20)5-9/h3-6H,7-8H2,1-2H3,(H,21,24)(H,22,25). The van der Waals surface area contributed by atoms with E-state index < -0.39 is 23.1 Å². The fraction of sp³-hybridized carbons (Fsp3) is 0.278. The van der Waals surface area contributed by atoms with Crippen LogP contribution in [-0.4, -0.2) is 16.7 Å². The zero-order chi connectivity index (χ0) is 18.4. The van der Waals surface area contributed by atoms with E-state index in [0.717, 1.165) is 12.1 Å². The topological polar surface area (TPSA) is 79.0 Å². The molecule has 0 spiro atoms. The third-order valence-electron chi connectivity index (χ3n) is 4.14. The Morgan fingerprint density at radius 2 is 1.84 bits per heavy atom. The van der Waals surface area contributed by atoms with Crippen LogP contribution >= 0.6 is 0 Å². The molecule has 0 saturated heterocycles. The predicted octanol–water partition coefficient (Wildman–Crippen LogP) is 3.06. The van der Waals surface area contributed by atoms with Gasteiger partial charge in [0.05, 0.1) is 0 Å². The Bertz CT molecular complexity index is 948. The number of anilines is 1. The number of nitrogens with one attached hydrogen (secondary N) is 2. The van der Waals surface area contributed by atoms with E-state index >= 15 is 0 Å². The highest BCUT2D eigenvalue weighted by molar-refractivity contribution is 6.06. The summed E-state index contributed by atoms with van der Waals surface area (Å²) in [5.41, 5.74) is -0.318. The van der Waals surface area contributed by atoms with Gasteiger partial charge in [0, 0.05) is 29.4 Å². The van der Waals surface area contributed by atoms with Crippen LogP contribution in [-0.2, 0) is 6.42 Å². The fourth-order valence-corrected chi connectivity index (χ4v) is 2.97. The van der Waals surface area contributed by atoms with Crippen molar-refractivity contribution in [1.29, 1.82) is 0 Å². The molecule has 130 valence electrons. The molecule has 0 atom stereocenters. The van der Waals surface area contributed by atoms with Gasteiger partial charge in [-0.05, 0) is 30.0 Å². The minimum absolute atomic E-state index is 0.00785. The Labute approximate surface area is 142 Å². The van der Waals surface area contributed by atoms with Gasteiger partial charge in [-0.3, -0.25) is 14.4 Å². The number of fused-ring (bicyclic) bond motifs is 1. The summed E-state index contributed by atoms with van der Waals surface area (Å²) >= 11 is 0. The molecule has 1 amide bonds. The van der Waals surface area contributed by atoms with Crippen LogP contribution in [0.2, 0.25) is 0 Å². The number of halogens is 2. The summed E-state index contributed by atoms with van der Waals surface area (Å²) < 4.78 is 26.2. The molecule has 1 heterocycles. The SMILES string of the molecule is CC1(C)CC(=O)c2cc(C(=O)Nc3ccc(F)c(F)c3)c(=O)[nH]c2C1. The van der Waals surface area contributed by atoms with Crippen LogP contribution in [0.1, 0.15) is 46.7 Å². The third kappa shape index (κ3) is 3.35. The van der Waals surface area contributed by atoms with Gasteiger partial charge >= 0.3 is 0 Å². The Hall–Kier alpha value is -2.83. The average Bonchev–Trinajstić information content (AvgIpc) is 2.49. The molecule has 1 aliphatic rings. The predicted molar refractivity (Wildman–Crippen MR) is 87.8 cm³/mol. The van der Waals surface area contributed by atoms with Gasteiger partial charge in [-0.1, -0.05) is 13.8 Å².